The van der Waals surface area contributed by atoms with Gasteiger partial charge in [-0.05, 0) is 0 Å². The van der Waals surface area contributed by atoms with Gasteiger partial charge in [0.25, 0.3) is 13.4 Å². The first kappa shape index (κ1) is 8.83. The van der Waals surface area contributed by atoms with Gasteiger partial charge in [-0.25, -0.2) is 0 Å². The first-order valence-corrected chi connectivity index (χ1v) is 1.08. The van der Waals surface area contributed by atoms with Crippen molar-refractivity contribution >= 4 is 13.4 Å². The first-order valence-electron chi connectivity index (χ1n) is 1.08. The highest BCUT2D eigenvalue weighted by Crippen LogP contribution is 0.813. The van der Waals surface area contributed by atoms with E-state index in [1.807, 2.05) is 0 Å². The smallest absolute Gasteiger partial charge is 0.0384 e. The van der Waals surface area contributed by atoms with Gasteiger partial charge < -0.3 is 0 Å². The number of hydrogen-bond donors (Lipinski definition) is 2. The van der Waals surface area contributed by atoms with Crippen molar-refractivity contribution in [2.24, 2.45) is 0 Å². The molecule has 0 bridgehead atoms. The molecule has 2 N–H and O–H groups in total. The lowest BCUT2D eigenvalue weighted by Crippen LogP contribution is -1.24. The van der Waals surface area contributed by atoms with Crippen molar-refractivity contribution in [1.29, 1.82) is 11.1 Å². The van der Waals surface area contributed by atoms with E-state index in [4.69, 9.17) is 11.1 Å². The van der Waals surface area contributed by atoms with E-state index < -0.39 is 0 Å². The zero-order valence-corrected chi connectivity index (χ0v) is 3.31. The lowest BCUT2D eigenvalue weighted by Gasteiger charge is -0.898. The molecule has 0 amide bonds. The molecular formula is C2H7N4+3. The third kappa shape index (κ3) is 5.56. The molecule has 0 rings (SSSR count). The minimum atomic E-state index is 0. The highest BCUT2D eigenvalue weighted by molar-refractivity contribution is 5.11. The topological polar surface area (TPSA) is 75.9 Å². The van der Waals surface area contributed by atoms with Crippen LogP contribution < -0.4 is 0 Å². The number of hydrogen-bond acceptors (Lipinski definition) is 2. The second kappa shape index (κ2) is 49.6. The number of nitrogens with zero attached hydrogens (tertiary/aromatic N) is 2. The Morgan fingerprint density at radius 1 is 1.17 bits per heavy atom. The van der Waals surface area contributed by atoms with Gasteiger partial charge in [0.15, 0.2) is 0 Å². The molecule has 0 aliphatic carbocycles. The number of nitrogens with one attached hydrogen (secondary N) is 2. The molecule has 0 fully saturated rings. The Bertz CT molecular complexity index is 63.7. The lowest BCUT2D eigenvalue weighted by molar-refractivity contribution is -0.106. The van der Waals surface area contributed by atoms with Crippen LogP contribution >= 0.6 is 0 Å². The fraction of sp³-hybridized carbons (Fsp3) is 0. The van der Waals surface area contributed by atoms with Crippen LogP contribution in [0.15, 0.2) is 0 Å². The van der Waals surface area contributed by atoms with Crippen LogP contribution in [0.4, 0.5) is 0 Å². The van der Waals surface area contributed by atoms with Crippen molar-refractivity contribution in [2.75, 3.05) is 0 Å². The van der Waals surface area contributed by atoms with Crippen LogP contribution in [0.2, 0.25) is 0 Å². The summed E-state index contributed by atoms with van der Waals surface area (Å²) in [6.07, 6.45) is 0. The van der Waals surface area contributed by atoms with E-state index in [2.05, 4.69) is 23.0 Å². The second-order valence-electron chi connectivity index (χ2n) is 0.316. The van der Waals surface area contributed by atoms with Crippen LogP contribution in [-0.4, -0.2) is 23.0 Å². The Kier molecular flexibility index (Phi) is 73.0. The summed E-state index contributed by atoms with van der Waals surface area (Å²) in [5.74, 6) is 0. The van der Waals surface area contributed by atoms with Crippen molar-refractivity contribution in [3.05, 3.63) is 0 Å². The highest BCUT2D eigenvalue weighted by atomic mass is 14.8. The summed E-state index contributed by atoms with van der Waals surface area (Å²) in [6.45, 7) is 5.56. The molecule has 0 heterocycles. The van der Waals surface area contributed by atoms with Gasteiger partial charge in [-0.3, -0.25) is 0 Å². The third-order valence-electron chi connectivity index (χ3n) is 0. The summed E-state index contributed by atoms with van der Waals surface area (Å²) in [4.78, 5) is 5.00. The van der Waals surface area contributed by atoms with Crippen LogP contribution in [0.5, 0.6) is 0 Å². The SMILES string of the molecule is C=[N+]=N.C=[N+]=N.[H+]. The van der Waals surface area contributed by atoms with Crippen LogP contribution in [0, 0.1) is 11.1 Å². The molecule has 0 radical (unpaired) electrons. The molecule has 0 unspecified atom stereocenters. The van der Waals surface area contributed by atoms with Gasteiger partial charge >= 0.3 is 1.43 Å². The van der Waals surface area contributed by atoms with Gasteiger partial charge in [-0.15, -0.1) is 0 Å². The molecule has 0 saturated carbocycles. The number of rotatable bonds is 0. The molecule has 0 aromatic heterocycles. The van der Waals surface area contributed by atoms with Crippen LogP contribution in [0.1, 0.15) is 1.43 Å². The lowest BCUT2D eigenvalue weighted by atomic mass is 11.8. The Balaban J connectivity index is -0.0000000400. The van der Waals surface area contributed by atoms with Crippen molar-refractivity contribution in [1.82, 2.24) is 0 Å². The summed E-state index contributed by atoms with van der Waals surface area (Å²) in [6, 6.07) is 0. The predicted molar refractivity (Wildman–Crippen MR) is 21.3 cm³/mol. The molecular weight excluding hydrogens is 80.1 g/mol. The molecule has 0 aliphatic heterocycles. The Morgan fingerprint density at radius 3 is 1.17 bits per heavy atom. The summed E-state index contributed by atoms with van der Waals surface area (Å²) in [5.41, 5.74) is 11.4. The Labute approximate surface area is 36.8 Å². The minimum Gasteiger partial charge on any atom is 0.0384 e. The quantitative estimate of drug-likeness (QED) is 0.236. The molecule has 4 nitrogen and oxygen atoms in total. The maximum Gasteiger partial charge on any atom is 1.00 e. The molecule has 0 aliphatic rings. The second-order valence-corrected chi connectivity index (χ2v) is 0.316. The zero-order valence-electron chi connectivity index (χ0n) is 4.31. The Morgan fingerprint density at radius 2 is 1.17 bits per heavy atom. The summed E-state index contributed by atoms with van der Waals surface area (Å²) >= 11 is 0. The fourth-order valence-corrected chi connectivity index (χ4v) is 0. The largest absolute Gasteiger partial charge is 1.00 e. The van der Waals surface area contributed by atoms with Gasteiger partial charge in [0.1, 0.15) is 0 Å². The van der Waals surface area contributed by atoms with Crippen molar-refractivity contribution in [3.63, 3.8) is 0 Å². The van der Waals surface area contributed by atoms with Crippen LogP contribution in [0.3, 0.4) is 0 Å². The maximum absolute atomic E-state index is 5.72. The van der Waals surface area contributed by atoms with Crippen LogP contribution in [-0.2, 0) is 0 Å². The fourth-order valence-electron chi connectivity index (χ4n) is 0. The van der Waals surface area contributed by atoms with Gasteiger partial charge in [-0.1, -0.05) is 0 Å². The van der Waals surface area contributed by atoms with Crippen molar-refractivity contribution in [3.8, 4) is 0 Å². The average Bonchev–Trinajstić information content (AvgIpc) is 1.39. The van der Waals surface area contributed by atoms with E-state index in [-0.39, 0.29) is 1.43 Å². The van der Waals surface area contributed by atoms with E-state index in [0.717, 1.165) is 0 Å². The molecule has 0 spiro atoms. The molecule has 32 valence electrons. The van der Waals surface area contributed by atoms with E-state index in [1.54, 1.807) is 0 Å². The van der Waals surface area contributed by atoms with E-state index in [0.29, 0.717) is 0 Å². The third-order valence-corrected chi connectivity index (χ3v) is 0. The molecule has 6 heavy (non-hydrogen) atoms. The standard InChI is InChI=1S/2CH3N2/c2*1-3-2/h2*2H,1H2/q2*+1/p+1. The monoisotopic (exact) mass is 87.1 g/mol. The Hall–Kier alpha value is -1.24. The van der Waals surface area contributed by atoms with Gasteiger partial charge in [-0.2, -0.15) is 0 Å². The van der Waals surface area contributed by atoms with Gasteiger partial charge in [0, 0.05) is 9.58 Å². The normalized spacial score (nSPS) is 2.67. The van der Waals surface area contributed by atoms with Crippen molar-refractivity contribution < 1.29 is 11.0 Å². The molecule has 0 aromatic rings. The molecule has 0 aromatic carbocycles. The molecule has 0 saturated heterocycles. The molecule has 4 heteroatoms. The summed E-state index contributed by atoms with van der Waals surface area (Å²) in [7, 11) is 0. The van der Waals surface area contributed by atoms with Gasteiger partial charge in [0.2, 0.25) is 0 Å². The minimum absolute atomic E-state index is 0. The predicted octanol–water partition coefficient (Wildman–Crippen LogP) is -0.0352. The van der Waals surface area contributed by atoms with Crippen molar-refractivity contribution in [2.45, 2.75) is 0 Å². The van der Waals surface area contributed by atoms with Gasteiger partial charge in [0.05, 0.1) is 11.1 Å². The summed E-state index contributed by atoms with van der Waals surface area (Å²) < 4.78 is 0. The zero-order chi connectivity index (χ0) is 5.41. The molecule has 0 atom stereocenters. The van der Waals surface area contributed by atoms with E-state index in [1.165, 1.54) is 0 Å². The first-order chi connectivity index (χ1) is 2.83. The van der Waals surface area contributed by atoms with E-state index >= 15 is 0 Å². The maximum atomic E-state index is 5.72. The highest BCUT2D eigenvalue weighted by Gasteiger charge is 1.12. The van der Waals surface area contributed by atoms with Crippen LogP contribution in [0.25, 0.3) is 0 Å². The summed E-state index contributed by atoms with van der Waals surface area (Å²) in [5, 5.41) is 0. The van der Waals surface area contributed by atoms with E-state index in [9.17, 15) is 0 Å². The average molecular weight is 87.1 g/mol.